The van der Waals surface area contributed by atoms with Gasteiger partial charge in [-0.15, -0.1) is 0 Å². The molecule has 1 fully saturated rings. The highest BCUT2D eigenvalue weighted by atomic mass is 15.3. The number of aromatic nitrogens is 2. The summed E-state index contributed by atoms with van der Waals surface area (Å²) in [5.41, 5.74) is 5.11. The van der Waals surface area contributed by atoms with Crippen molar-refractivity contribution in [2.45, 2.75) is 70.1 Å². The molecular weight excluding hydrogens is 208 g/mol. The van der Waals surface area contributed by atoms with Gasteiger partial charge in [0.1, 0.15) is 0 Å². The van der Waals surface area contributed by atoms with E-state index in [1.165, 1.54) is 69.2 Å². The zero-order valence-electron chi connectivity index (χ0n) is 11.3. The van der Waals surface area contributed by atoms with Crippen LogP contribution in [0.25, 0.3) is 0 Å². The van der Waals surface area contributed by atoms with Crippen LogP contribution in [0.5, 0.6) is 0 Å². The van der Waals surface area contributed by atoms with Gasteiger partial charge in [-0.1, -0.05) is 32.6 Å². The highest BCUT2D eigenvalue weighted by molar-refractivity contribution is 5.38. The van der Waals surface area contributed by atoms with E-state index in [4.69, 9.17) is 5.10 Å². The van der Waals surface area contributed by atoms with Crippen molar-refractivity contribution in [3.8, 4) is 0 Å². The molecule has 1 spiro atoms. The second kappa shape index (κ2) is 4.15. The van der Waals surface area contributed by atoms with Crippen LogP contribution >= 0.6 is 0 Å². The number of aryl methyl sites for hydroxylation is 1. The van der Waals surface area contributed by atoms with Crippen LogP contribution in [0.1, 0.15) is 68.8 Å². The van der Waals surface area contributed by atoms with Gasteiger partial charge in [0.15, 0.2) is 0 Å². The summed E-state index contributed by atoms with van der Waals surface area (Å²) in [6.45, 7) is 2.27. The van der Waals surface area contributed by atoms with Crippen molar-refractivity contribution in [2.75, 3.05) is 0 Å². The Morgan fingerprint density at radius 1 is 1.18 bits per heavy atom. The van der Waals surface area contributed by atoms with Crippen LogP contribution in [0, 0.1) is 0 Å². The molecule has 2 heteroatoms. The van der Waals surface area contributed by atoms with Crippen LogP contribution in [0.3, 0.4) is 0 Å². The van der Waals surface area contributed by atoms with Crippen LogP contribution in [0.4, 0.5) is 0 Å². The lowest BCUT2D eigenvalue weighted by Gasteiger charge is -2.32. The first-order valence-corrected chi connectivity index (χ1v) is 7.32. The van der Waals surface area contributed by atoms with Gasteiger partial charge in [0, 0.05) is 18.2 Å². The maximum absolute atomic E-state index is 4.90. The summed E-state index contributed by atoms with van der Waals surface area (Å²) in [4.78, 5) is 0. The molecule has 1 saturated carbocycles. The quantitative estimate of drug-likeness (QED) is 0.763. The predicted molar refractivity (Wildman–Crippen MR) is 70.3 cm³/mol. The van der Waals surface area contributed by atoms with E-state index in [2.05, 4.69) is 18.7 Å². The molecule has 0 N–H and O–H groups in total. The van der Waals surface area contributed by atoms with E-state index < -0.39 is 0 Å². The Morgan fingerprint density at radius 3 is 2.65 bits per heavy atom. The number of nitrogens with zero attached hydrogens (tertiary/aromatic N) is 2. The lowest BCUT2D eigenvalue weighted by molar-refractivity contribution is 0.282. The molecule has 1 aromatic heterocycles. The van der Waals surface area contributed by atoms with Crippen molar-refractivity contribution < 1.29 is 0 Å². The molecule has 0 radical (unpaired) electrons. The third-order valence-corrected chi connectivity index (χ3v) is 4.93. The van der Waals surface area contributed by atoms with Gasteiger partial charge in [0.05, 0.1) is 5.69 Å². The van der Waals surface area contributed by atoms with Gasteiger partial charge < -0.3 is 0 Å². The fraction of sp³-hybridized carbons (Fsp3) is 0.800. The van der Waals surface area contributed by atoms with Gasteiger partial charge >= 0.3 is 0 Å². The highest BCUT2D eigenvalue weighted by Gasteiger charge is 2.43. The van der Waals surface area contributed by atoms with Gasteiger partial charge in [0.25, 0.3) is 0 Å². The Labute approximate surface area is 104 Å². The molecule has 2 aliphatic carbocycles. The topological polar surface area (TPSA) is 17.8 Å². The number of rotatable bonds is 2. The van der Waals surface area contributed by atoms with E-state index in [-0.39, 0.29) is 0 Å². The summed E-state index contributed by atoms with van der Waals surface area (Å²) in [6, 6.07) is 0. The lowest BCUT2D eigenvalue weighted by atomic mass is 9.72. The third-order valence-electron chi connectivity index (χ3n) is 4.93. The maximum Gasteiger partial charge on any atom is 0.0721 e. The zero-order valence-corrected chi connectivity index (χ0v) is 11.3. The van der Waals surface area contributed by atoms with Crippen LogP contribution in [0.15, 0.2) is 0 Å². The molecule has 0 unspecified atom stereocenters. The zero-order chi connectivity index (χ0) is 11.9. The smallest absolute Gasteiger partial charge is 0.0721 e. The van der Waals surface area contributed by atoms with E-state index in [9.17, 15) is 0 Å². The molecular formula is C15H24N2. The van der Waals surface area contributed by atoms with Gasteiger partial charge in [-0.25, -0.2) is 0 Å². The van der Waals surface area contributed by atoms with E-state index in [0.29, 0.717) is 5.41 Å². The Kier molecular flexibility index (Phi) is 2.76. The SMILES string of the molecule is CCCc1c2c(nn1C)C1(CCCCC1)CC2. The lowest BCUT2D eigenvalue weighted by Crippen LogP contribution is -2.27. The van der Waals surface area contributed by atoms with E-state index in [1.54, 1.807) is 5.56 Å². The number of hydrogen-bond acceptors (Lipinski definition) is 1. The minimum absolute atomic E-state index is 0.483. The summed E-state index contributed by atoms with van der Waals surface area (Å²) in [7, 11) is 2.14. The first-order valence-electron chi connectivity index (χ1n) is 7.32. The predicted octanol–water partition coefficient (Wildman–Crippen LogP) is 3.52. The minimum atomic E-state index is 0.483. The van der Waals surface area contributed by atoms with Crippen molar-refractivity contribution in [2.24, 2.45) is 7.05 Å². The molecule has 0 aromatic carbocycles. The molecule has 0 amide bonds. The summed E-state index contributed by atoms with van der Waals surface area (Å²) in [5, 5.41) is 4.90. The average molecular weight is 232 g/mol. The van der Waals surface area contributed by atoms with Crippen molar-refractivity contribution >= 4 is 0 Å². The maximum atomic E-state index is 4.90. The second-order valence-corrected chi connectivity index (χ2v) is 5.99. The first-order chi connectivity index (χ1) is 8.27. The molecule has 3 rings (SSSR count). The molecule has 1 aromatic rings. The number of hydrogen-bond donors (Lipinski definition) is 0. The molecule has 17 heavy (non-hydrogen) atoms. The van der Waals surface area contributed by atoms with Gasteiger partial charge in [0.2, 0.25) is 0 Å². The van der Waals surface area contributed by atoms with Crippen molar-refractivity contribution in [3.63, 3.8) is 0 Å². The van der Waals surface area contributed by atoms with Gasteiger partial charge in [-0.2, -0.15) is 5.10 Å². The van der Waals surface area contributed by atoms with Crippen LogP contribution in [0.2, 0.25) is 0 Å². The van der Waals surface area contributed by atoms with E-state index in [1.807, 2.05) is 0 Å². The summed E-state index contributed by atoms with van der Waals surface area (Å²) >= 11 is 0. The van der Waals surface area contributed by atoms with E-state index >= 15 is 0 Å². The third kappa shape index (κ3) is 1.64. The Bertz CT molecular complexity index is 411. The van der Waals surface area contributed by atoms with Crippen LogP contribution in [-0.2, 0) is 25.3 Å². The van der Waals surface area contributed by atoms with Gasteiger partial charge in [-0.05, 0) is 37.7 Å². The monoisotopic (exact) mass is 232 g/mol. The fourth-order valence-electron chi connectivity index (χ4n) is 4.04. The number of fused-ring (bicyclic) bond motifs is 2. The van der Waals surface area contributed by atoms with Crippen molar-refractivity contribution in [1.82, 2.24) is 9.78 Å². The first kappa shape index (κ1) is 11.3. The van der Waals surface area contributed by atoms with Crippen LogP contribution < -0.4 is 0 Å². The Balaban J connectivity index is 1.99. The van der Waals surface area contributed by atoms with Gasteiger partial charge in [-0.3, -0.25) is 4.68 Å². The Hall–Kier alpha value is -0.790. The fourth-order valence-corrected chi connectivity index (χ4v) is 4.04. The second-order valence-electron chi connectivity index (χ2n) is 5.99. The molecule has 0 bridgehead atoms. The summed E-state index contributed by atoms with van der Waals surface area (Å²) < 4.78 is 2.17. The molecule has 1 heterocycles. The van der Waals surface area contributed by atoms with Crippen molar-refractivity contribution in [3.05, 3.63) is 17.0 Å². The highest BCUT2D eigenvalue weighted by Crippen LogP contribution is 2.48. The average Bonchev–Trinajstić information content (AvgIpc) is 2.82. The molecule has 0 atom stereocenters. The summed E-state index contributed by atoms with van der Waals surface area (Å²) in [5.74, 6) is 0. The Morgan fingerprint density at radius 2 is 1.94 bits per heavy atom. The van der Waals surface area contributed by atoms with E-state index in [0.717, 1.165) is 0 Å². The standard InChI is InChI=1S/C15H24N2/c1-3-7-13-12-8-11-15(9-5-4-6-10-15)14(12)16-17(13)2/h3-11H2,1-2H3. The molecule has 2 nitrogen and oxygen atoms in total. The molecule has 0 aliphatic heterocycles. The minimum Gasteiger partial charge on any atom is -0.272 e. The largest absolute Gasteiger partial charge is 0.272 e. The molecule has 2 aliphatic rings. The van der Waals surface area contributed by atoms with Crippen LogP contribution in [-0.4, -0.2) is 9.78 Å². The normalized spacial score (nSPS) is 22.0. The molecule has 94 valence electrons. The molecule has 0 saturated heterocycles. The van der Waals surface area contributed by atoms with Crippen molar-refractivity contribution in [1.29, 1.82) is 0 Å². The summed E-state index contributed by atoms with van der Waals surface area (Å²) in [6.07, 6.45) is 12.2.